The van der Waals surface area contributed by atoms with Crippen molar-refractivity contribution in [3.63, 3.8) is 0 Å². The summed E-state index contributed by atoms with van der Waals surface area (Å²) in [6.07, 6.45) is -11.1. The van der Waals surface area contributed by atoms with Crippen LogP contribution in [-0.4, -0.2) is 12.4 Å². The van der Waals surface area contributed by atoms with Crippen LogP contribution in [0.5, 0.6) is 0 Å². The number of hydrogen-bond acceptors (Lipinski definition) is 1. The molecule has 0 aliphatic heterocycles. The van der Waals surface area contributed by atoms with E-state index in [-0.39, 0.29) is 8.67 Å². The highest BCUT2D eigenvalue weighted by Gasteiger charge is 2.60. The molecule has 1 aromatic heterocycles. The van der Waals surface area contributed by atoms with Crippen LogP contribution in [0, 0.1) is 5.92 Å². The second-order valence-corrected chi connectivity index (χ2v) is 6.00. The van der Waals surface area contributed by atoms with Crippen molar-refractivity contribution in [3.05, 3.63) is 20.3 Å². The average molecular weight is 352 g/mol. The number of rotatable bonds is 2. The Labute approximate surface area is 116 Å². The van der Waals surface area contributed by atoms with Gasteiger partial charge in [-0.25, -0.2) is 0 Å². The van der Waals surface area contributed by atoms with Crippen molar-refractivity contribution in [2.45, 2.75) is 17.7 Å². The molecule has 1 atom stereocenters. The Morgan fingerprint density at radius 3 is 1.72 bits per heavy atom. The van der Waals surface area contributed by atoms with Crippen molar-refractivity contribution >= 4 is 46.1 Å². The van der Waals surface area contributed by atoms with Crippen LogP contribution in [0.1, 0.15) is 10.9 Å². The minimum Gasteiger partial charge on any atom is -0.170 e. The second-order valence-electron chi connectivity index (χ2n) is 3.24. The first-order chi connectivity index (χ1) is 7.94. The molecule has 0 aromatic carbocycles. The molecule has 0 bridgehead atoms. The van der Waals surface area contributed by atoms with Gasteiger partial charge in [0.2, 0.25) is 0 Å². The molecular formula is C8H3Cl3F6S. The first-order valence-corrected chi connectivity index (χ1v) is 6.17. The van der Waals surface area contributed by atoms with Gasteiger partial charge in [0, 0.05) is 5.56 Å². The first-order valence-electron chi connectivity index (χ1n) is 4.17. The Bertz CT molecular complexity index is 409. The average Bonchev–Trinajstić information content (AvgIpc) is 2.39. The number of alkyl halides is 7. The third-order valence-electron chi connectivity index (χ3n) is 1.98. The van der Waals surface area contributed by atoms with E-state index in [4.69, 9.17) is 34.8 Å². The summed E-state index contributed by atoms with van der Waals surface area (Å²) in [6, 6.07) is 0.900. The summed E-state index contributed by atoms with van der Waals surface area (Å²) in [5, 5.41) is -2.37. The van der Waals surface area contributed by atoms with Crippen LogP contribution in [0.4, 0.5) is 26.3 Å². The molecule has 0 spiro atoms. The summed E-state index contributed by atoms with van der Waals surface area (Å²) >= 11 is 16.9. The van der Waals surface area contributed by atoms with Gasteiger partial charge in [0.1, 0.15) is 0 Å². The molecule has 104 valence electrons. The van der Waals surface area contributed by atoms with Crippen LogP contribution in [0.3, 0.4) is 0 Å². The molecule has 1 unspecified atom stereocenters. The van der Waals surface area contributed by atoms with Crippen molar-refractivity contribution < 1.29 is 26.3 Å². The van der Waals surface area contributed by atoms with Gasteiger partial charge in [0.25, 0.3) is 0 Å². The topological polar surface area (TPSA) is 0 Å². The Hall–Kier alpha value is 0.150. The van der Waals surface area contributed by atoms with E-state index < -0.39 is 29.2 Å². The fourth-order valence-corrected chi connectivity index (χ4v) is 3.37. The lowest BCUT2D eigenvalue weighted by Crippen LogP contribution is -2.39. The smallest absolute Gasteiger partial charge is 0.170 e. The van der Waals surface area contributed by atoms with Crippen molar-refractivity contribution in [1.82, 2.24) is 0 Å². The lowest BCUT2D eigenvalue weighted by molar-refractivity contribution is -0.284. The van der Waals surface area contributed by atoms with Crippen LogP contribution in [-0.2, 0) is 0 Å². The predicted octanol–water partition coefficient (Wildman–Crippen LogP) is 6.08. The number of hydrogen-bond donors (Lipinski definition) is 0. The van der Waals surface area contributed by atoms with Crippen molar-refractivity contribution in [3.8, 4) is 0 Å². The highest BCUT2D eigenvalue weighted by molar-refractivity contribution is 7.20. The van der Waals surface area contributed by atoms with Crippen molar-refractivity contribution in [2.75, 3.05) is 0 Å². The molecule has 0 nitrogen and oxygen atoms in total. The lowest BCUT2D eigenvalue weighted by Gasteiger charge is -2.26. The van der Waals surface area contributed by atoms with E-state index >= 15 is 0 Å². The van der Waals surface area contributed by atoms with Gasteiger partial charge in [-0.3, -0.25) is 0 Å². The van der Waals surface area contributed by atoms with Gasteiger partial charge < -0.3 is 0 Å². The minimum absolute atomic E-state index is 0.0382. The van der Waals surface area contributed by atoms with E-state index in [1.54, 1.807) is 0 Å². The molecule has 0 aliphatic carbocycles. The normalized spacial score (nSPS) is 15.2. The van der Waals surface area contributed by atoms with Gasteiger partial charge in [-0.15, -0.1) is 22.9 Å². The fraction of sp³-hybridized carbons (Fsp3) is 0.500. The molecule has 0 radical (unpaired) electrons. The highest BCUT2D eigenvalue weighted by Crippen LogP contribution is 2.51. The van der Waals surface area contributed by atoms with E-state index in [0.717, 1.165) is 6.07 Å². The van der Waals surface area contributed by atoms with Gasteiger partial charge in [-0.1, -0.05) is 23.2 Å². The Balaban J connectivity index is 3.19. The number of thiophene rings is 1. The molecule has 0 fully saturated rings. The summed E-state index contributed by atoms with van der Waals surface area (Å²) in [5.41, 5.74) is -0.479. The van der Waals surface area contributed by atoms with Crippen molar-refractivity contribution in [2.24, 2.45) is 5.92 Å². The Morgan fingerprint density at radius 2 is 1.44 bits per heavy atom. The molecule has 0 saturated heterocycles. The monoisotopic (exact) mass is 350 g/mol. The van der Waals surface area contributed by atoms with Crippen LogP contribution in [0.2, 0.25) is 8.67 Å². The van der Waals surface area contributed by atoms with Gasteiger partial charge in [0.15, 0.2) is 5.92 Å². The van der Waals surface area contributed by atoms with E-state index in [9.17, 15) is 26.3 Å². The Morgan fingerprint density at radius 1 is 1.00 bits per heavy atom. The second kappa shape index (κ2) is 5.26. The lowest BCUT2D eigenvalue weighted by atomic mass is 9.99. The summed E-state index contributed by atoms with van der Waals surface area (Å²) in [7, 11) is 0. The summed E-state index contributed by atoms with van der Waals surface area (Å²) in [6.45, 7) is 0. The summed E-state index contributed by atoms with van der Waals surface area (Å²) < 4.78 is 74.1. The molecule has 0 saturated carbocycles. The molecule has 0 aliphatic rings. The highest BCUT2D eigenvalue weighted by atomic mass is 35.5. The standard InChI is InChI=1S/C8H3Cl3F6S/c9-3-1-2(6(11)18-3)4(10)5(7(12,13)14)8(15,16)17/h1,4-5H. The molecule has 0 amide bonds. The maximum absolute atomic E-state index is 12.4. The third-order valence-corrected chi connectivity index (χ3v) is 3.98. The maximum Gasteiger partial charge on any atom is 0.402 e. The summed E-state index contributed by atoms with van der Waals surface area (Å²) in [4.78, 5) is 0. The quantitative estimate of drug-likeness (QED) is 0.448. The van der Waals surface area contributed by atoms with Gasteiger partial charge in [-0.2, -0.15) is 26.3 Å². The van der Waals surface area contributed by atoms with Crippen LogP contribution < -0.4 is 0 Å². The maximum atomic E-state index is 12.4. The van der Waals surface area contributed by atoms with E-state index in [2.05, 4.69) is 0 Å². The predicted molar refractivity (Wildman–Crippen MR) is 58.5 cm³/mol. The molecule has 0 N–H and O–H groups in total. The number of halogens is 9. The zero-order valence-corrected chi connectivity index (χ0v) is 11.1. The SMILES string of the molecule is FC(F)(F)C(C(Cl)c1cc(Cl)sc1Cl)C(F)(F)F. The zero-order valence-electron chi connectivity index (χ0n) is 8.04. The molecule has 1 aromatic rings. The Kier molecular flexibility index (Phi) is 4.74. The van der Waals surface area contributed by atoms with E-state index in [1.165, 1.54) is 0 Å². The first kappa shape index (κ1) is 16.2. The molecule has 18 heavy (non-hydrogen) atoms. The fourth-order valence-electron chi connectivity index (χ4n) is 1.24. The van der Waals surface area contributed by atoms with Gasteiger partial charge >= 0.3 is 12.4 Å². The van der Waals surface area contributed by atoms with E-state index in [0.29, 0.717) is 11.3 Å². The van der Waals surface area contributed by atoms with Crippen molar-refractivity contribution in [1.29, 1.82) is 0 Å². The molecular weight excluding hydrogens is 349 g/mol. The largest absolute Gasteiger partial charge is 0.402 e. The van der Waals surface area contributed by atoms with E-state index in [1.807, 2.05) is 0 Å². The zero-order chi connectivity index (χ0) is 14.3. The van der Waals surface area contributed by atoms with Crippen LogP contribution >= 0.6 is 46.1 Å². The van der Waals surface area contributed by atoms with Crippen LogP contribution in [0.15, 0.2) is 6.07 Å². The summed E-state index contributed by atoms with van der Waals surface area (Å²) in [5.74, 6) is -3.70. The molecule has 10 heteroatoms. The van der Waals surface area contributed by atoms with Crippen LogP contribution in [0.25, 0.3) is 0 Å². The van der Waals surface area contributed by atoms with Gasteiger partial charge in [0.05, 0.1) is 14.0 Å². The molecule has 1 heterocycles. The van der Waals surface area contributed by atoms with Gasteiger partial charge in [-0.05, 0) is 6.07 Å². The third kappa shape index (κ3) is 3.59. The molecule has 1 rings (SSSR count). The minimum atomic E-state index is -5.53.